The Morgan fingerprint density at radius 2 is 2.24 bits per heavy atom. The van der Waals surface area contributed by atoms with Crippen LogP contribution in [0.1, 0.15) is 25.7 Å². The molecule has 2 aliphatic rings. The topological polar surface area (TPSA) is 96.9 Å². The van der Waals surface area contributed by atoms with E-state index in [0.29, 0.717) is 13.2 Å². The standard InChI is InChI=1S/C11H19N3O3/c12-10(14-16)8-2-1-3-9(8)13-11(15)7-4-5-17-6-7/h7-9,16H,1-6H2,(H2,12,14)(H,13,15). The van der Waals surface area contributed by atoms with E-state index < -0.39 is 0 Å². The van der Waals surface area contributed by atoms with Crippen LogP contribution < -0.4 is 11.1 Å². The van der Waals surface area contributed by atoms with Crippen LogP contribution in [0.2, 0.25) is 0 Å². The number of carbonyl (C=O) groups is 1. The summed E-state index contributed by atoms with van der Waals surface area (Å²) in [5.41, 5.74) is 5.62. The fraction of sp³-hybridized carbons (Fsp3) is 0.818. The number of amidine groups is 1. The van der Waals surface area contributed by atoms with Crippen LogP contribution in [0.3, 0.4) is 0 Å². The predicted octanol–water partition coefficient (Wildman–Crippen LogP) is 0.0542. The number of nitrogens with two attached hydrogens (primary N) is 1. The Hall–Kier alpha value is -1.30. The van der Waals surface area contributed by atoms with Gasteiger partial charge in [0.25, 0.3) is 0 Å². The van der Waals surface area contributed by atoms with Gasteiger partial charge in [-0.15, -0.1) is 0 Å². The summed E-state index contributed by atoms with van der Waals surface area (Å²) >= 11 is 0. The zero-order valence-electron chi connectivity index (χ0n) is 9.76. The molecule has 6 heteroatoms. The third-order valence-corrected chi connectivity index (χ3v) is 3.64. The van der Waals surface area contributed by atoms with Crippen molar-refractivity contribution in [2.45, 2.75) is 31.7 Å². The summed E-state index contributed by atoms with van der Waals surface area (Å²) in [5.74, 6) is 0.176. The Bertz CT molecular complexity index is 313. The van der Waals surface area contributed by atoms with Crippen LogP contribution >= 0.6 is 0 Å². The van der Waals surface area contributed by atoms with Crippen molar-refractivity contribution in [2.75, 3.05) is 13.2 Å². The lowest BCUT2D eigenvalue weighted by molar-refractivity contribution is -0.125. The lowest BCUT2D eigenvalue weighted by Gasteiger charge is -2.21. The van der Waals surface area contributed by atoms with Gasteiger partial charge in [-0.3, -0.25) is 4.79 Å². The Morgan fingerprint density at radius 1 is 1.41 bits per heavy atom. The fourth-order valence-electron chi connectivity index (χ4n) is 2.60. The predicted molar refractivity (Wildman–Crippen MR) is 61.6 cm³/mol. The number of ether oxygens (including phenoxy) is 1. The monoisotopic (exact) mass is 241 g/mol. The molecule has 1 heterocycles. The van der Waals surface area contributed by atoms with Gasteiger partial charge in [-0.2, -0.15) is 0 Å². The van der Waals surface area contributed by atoms with Gasteiger partial charge in [-0.05, 0) is 19.3 Å². The van der Waals surface area contributed by atoms with E-state index in [2.05, 4.69) is 10.5 Å². The zero-order chi connectivity index (χ0) is 12.3. The first-order valence-electron chi connectivity index (χ1n) is 6.08. The molecule has 1 saturated carbocycles. The molecule has 0 bridgehead atoms. The average Bonchev–Trinajstić information content (AvgIpc) is 2.98. The number of amides is 1. The molecular formula is C11H19N3O3. The average molecular weight is 241 g/mol. The van der Waals surface area contributed by atoms with Crippen molar-refractivity contribution >= 4 is 11.7 Å². The minimum absolute atomic E-state index is 0.000926. The number of rotatable bonds is 3. The summed E-state index contributed by atoms with van der Waals surface area (Å²) < 4.78 is 5.19. The van der Waals surface area contributed by atoms with E-state index in [1.165, 1.54) is 0 Å². The Balaban J connectivity index is 1.91. The molecule has 3 unspecified atom stereocenters. The molecular weight excluding hydrogens is 222 g/mol. The van der Waals surface area contributed by atoms with Crippen LogP contribution in [0.4, 0.5) is 0 Å². The van der Waals surface area contributed by atoms with Crippen LogP contribution in [-0.4, -0.2) is 36.2 Å². The third kappa shape index (κ3) is 2.69. The second-order valence-corrected chi connectivity index (χ2v) is 4.74. The minimum atomic E-state index is -0.0384. The highest BCUT2D eigenvalue weighted by Crippen LogP contribution is 2.26. The van der Waals surface area contributed by atoms with E-state index in [-0.39, 0.29) is 29.6 Å². The maximum atomic E-state index is 11.9. The van der Waals surface area contributed by atoms with Crippen LogP contribution in [0.5, 0.6) is 0 Å². The molecule has 1 aliphatic carbocycles. The summed E-state index contributed by atoms with van der Waals surface area (Å²) in [6.07, 6.45) is 3.53. The Labute approximate surface area is 100 Å². The summed E-state index contributed by atoms with van der Waals surface area (Å²) in [6.45, 7) is 1.17. The maximum Gasteiger partial charge on any atom is 0.225 e. The van der Waals surface area contributed by atoms with Gasteiger partial charge < -0.3 is 21.0 Å². The van der Waals surface area contributed by atoms with E-state index in [9.17, 15) is 4.79 Å². The van der Waals surface area contributed by atoms with Crippen LogP contribution in [0.25, 0.3) is 0 Å². The molecule has 2 rings (SSSR count). The summed E-state index contributed by atoms with van der Waals surface area (Å²) in [7, 11) is 0. The van der Waals surface area contributed by atoms with Crippen LogP contribution in [-0.2, 0) is 9.53 Å². The minimum Gasteiger partial charge on any atom is -0.409 e. The molecule has 0 radical (unpaired) electrons. The summed E-state index contributed by atoms with van der Waals surface area (Å²) in [6, 6.07) is -0.000926. The largest absolute Gasteiger partial charge is 0.409 e. The molecule has 1 saturated heterocycles. The van der Waals surface area contributed by atoms with E-state index in [4.69, 9.17) is 15.7 Å². The molecule has 0 spiro atoms. The Morgan fingerprint density at radius 3 is 2.88 bits per heavy atom. The first-order valence-corrected chi connectivity index (χ1v) is 6.08. The van der Waals surface area contributed by atoms with Crippen LogP contribution in [0.15, 0.2) is 5.16 Å². The van der Waals surface area contributed by atoms with E-state index in [0.717, 1.165) is 25.7 Å². The fourth-order valence-corrected chi connectivity index (χ4v) is 2.60. The lowest BCUT2D eigenvalue weighted by atomic mass is 10.0. The summed E-state index contributed by atoms with van der Waals surface area (Å²) in [5, 5.41) is 14.7. The molecule has 2 fully saturated rings. The molecule has 17 heavy (non-hydrogen) atoms. The second kappa shape index (κ2) is 5.35. The SMILES string of the molecule is N/C(=N/O)C1CCCC1NC(=O)C1CCOC1. The van der Waals surface area contributed by atoms with Gasteiger partial charge in [-0.25, -0.2) is 0 Å². The first kappa shape index (κ1) is 12.2. The Kier molecular flexibility index (Phi) is 3.83. The van der Waals surface area contributed by atoms with Crippen molar-refractivity contribution < 1.29 is 14.7 Å². The van der Waals surface area contributed by atoms with Gasteiger partial charge >= 0.3 is 0 Å². The van der Waals surface area contributed by atoms with Gasteiger partial charge in [0.05, 0.1) is 12.5 Å². The zero-order valence-corrected chi connectivity index (χ0v) is 9.76. The van der Waals surface area contributed by atoms with Crippen molar-refractivity contribution in [2.24, 2.45) is 22.7 Å². The van der Waals surface area contributed by atoms with Crippen molar-refractivity contribution in [3.05, 3.63) is 0 Å². The first-order chi connectivity index (χ1) is 8.22. The number of hydrogen-bond acceptors (Lipinski definition) is 4. The molecule has 96 valence electrons. The molecule has 0 aromatic heterocycles. The maximum absolute atomic E-state index is 11.9. The van der Waals surface area contributed by atoms with Crippen molar-refractivity contribution in [1.82, 2.24) is 5.32 Å². The number of carbonyl (C=O) groups excluding carboxylic acids is 1. The highest BCUT2D eigenvalue weighted by Gasteiger charge is 2.34. The highest BCUT2D eigenvalue weighted by atomic mass is 16.5. The van der Waals surface area contributed by atoms with Gasteiger partial charge in [0, 0.05) is 18.6 Å². The number of nitrogens with one attached hydrogen (secondary N) is 1. The van der Waals surface area contributed by atoms with Crippen LogP contribution in [0, 0.1) is 11.8 Å². The van der Waals surface area contributed by atoms with E-state index >= 15 is 0 Å². The number of oxime groups is 1. The van der Waals surface area contributed by atoms with Gasteiger partial charge in [0.15, 0.2) is 0 Å². The quantitative estimate of drug-likeness (QED) is 0.281. The normalized spacial score (nSPS) is 33.9. The van der Waals surface area contributed by atoms with E-state index in [1.807, 2.05) is 0 Å². The van der Waals surface area contributed by atoms with Gasteiger partial charge in [0.2, 0.25) is 5.91 Å². The molecule has 0 aromatic carbocycles. The van der Waals surface area contributed by atoms with Crippen molar-refractivity contribution in [1.29, 1.82) is 0 Å². The summed E-state index contributed by atoms with van der Waals surface area (Å²) in [4.78, 5) is 11.9. The molecule has 4 N–H and O–H groups in total. The van der Waals surface area contributed by atoms with Gasteiger partial charge in [0.1, 0.15) is 5.84 Å². The lowest BCUT2D eigenvalue weighted by Crippen LogP contribution is -2.44. The number of hydrogen-bond donors (Lipinski definition) is 3. The third-order valence-electron chi connectivity index (χ3n) is 3.64. The van der Waals surface area contributed by atoms with Crippen molar-refractivity contribution in [3.8, 4) is 0 Å². The van der Waals surface area contributed by atoms with E-state index in [1.54, 1.807) is 0 Å². The highest BCUT2D eigenvalue weighted by molar-refractivity contribution is 5.85. The molecule has 1 amide bonds. The molecule has 1 aliphatic heterocycles. The van der Waals surface area contributed by atoms with Crippen molar-refractivity contribution in [3.63, 3.8) is 0 Å². The van der Waals surface area contributed by atoms with Gasteiger partial charge in [-0.1, -0.05) is 11.6 Å². The number of nitrogens with zero attached hydrogens (tertiary/aromatic N) is 1. The smallest absolute Gasteiger partial charge is 0.225 e. The second-order valence-electron chi connectivity index (χ2n) is 4.74. The molecule has 6 nitrogen and oxygen atoms in total. The molecule has 0 aromatic rings. The molecule has 3 atom stereocenters.